The molecule has 0 saturated carbocycles. The third-order valence-electron chi connectivity index (χ3n) is 6.36. The van der Waals surface area contributed by atoms with Crippen molar-refractivity contribution in [2.45, 2.75) is 18.5 Å². The first-order valence-corrected chi connectivity index (χ1v) is 10.4. The number of likely N-dealkylation sites (tertiary alicyclic amines) is 1. The van der Waals surface area contributed by atoms with Crippen molar-refractivity contribution < 1.29 is 18.7 Å². The molecule has 2 aliphatic heterocycles. The lowest BCUT2D eigenvalue weighted by atomic mass is 9.82. The van der Waals surface area contributed by atoms with Gasteiger partial charge in [0.15, 0.2) is 0 Å². The largest absolute Gasteiger partial charge is 0.394 e. The van der Waals surface area contributed by atoms with Crippen molar-refractivity contribution in [2.24, 2.45) is 5.92 Å². The van der Waals surface area contributed by atoms with E-state index in [-0.39, 0.29) is 36.3 Å². The van der Waals surface area contributed by atoms with Crippen LogP contribution in [0.3, 0.4) is 0 Å². The Morgan fingerprint density at radius 2 is 1.74 bits per heavy atom. The molecule has 158 valence electrons. The van der Waals surface area contributed by atoms with Crippen molar-refractivity contribution >= 4 is 11.6 Å². The van der Waals surface area contributed by atoms with E-state index in [4.69, 9.17) is 0 Å². The molecule has 0 radical (unpaired) electrons. The second-order valence-corrected chi connectivity index (χ2v) is 8.15. The highest BCUT2D eigenvalue weighted by Gasteiger charge is 2.45. The minimum atomic E-state index is -0.450. The maximum atomic E-state index is 13.8. The summed E-state index contributed by atoms with van der Waals surface area (Å²) < 4.78 is 27.5. The van der Waals surface area contributed by atoms with Gasteiger partial charge in [0.2, 0.25) is 0 Å². The Balaban J connectivity index is 1.58. The van der Waals surface area contributed by atoms with Gasteiger partial charge in [-0.15, -0.1) is 0 Å². The number of hydrogen-bond donors (Lipinski definition) is 2. The number of carbonyl (C=O) groups excluding carboxylic acids is 1. The van der Waals surface area contributed by atoms with Crippen molar-refractivity contribution in [3.05, 3.63) is 89.5 Å². The molecule has 31 heavy (non-hydrogen) atoms. The highest BCUT2D eigenvalue weighted by atomic mass is 19.1. The molecule has 0 spiro atoms. The average molecular weight is 420 g/mol. The first-order valence-electron chi connectivity index (χ1n) is 10.4. The molecule has 2 aliphatic rings. The Hall–Kier alpha value is -3.25. The molecule has 5 rings (SSSR count). The van der Waals surface area contributed by atoms with Crippen LogP contribution in [0.2, 0.25) is 0 Å². The second-order valence-electron chi connectivity index (χ2n) is 8.15. The molecule has 2 N–H and O–H groups in total. The highest BCUT2D eigenvalue weighted by molar-refractivity contribution is 5.95. The van der Waals surface area contributed by atoms with Crippen molar-refractivity contribution in [3.63, 3.8) is 0 Å². The number of carbonyl (C=O) groups is 1. The molecule has 1 saturated heterocycles. The molecule has 3 aromatic carbocycles. The zero-order chi connectivity index (χ0) is 21.5. The first kappa shape index (κ1) is 19.7. The van der Waals surface area contributed by atoms with E-state index < -0.39 is 5.82 Å². The van der Waals surface area contributed by atoms with E-state index in [0.29, 0.717) is 12.1 Å². The molecular formula is C25H22F2N2O2. The third-order valence-corrected chi connectivity index (χ3v) is 6.36. The van der Waals surface area contributed by atoms with Crippen LogP contribution in [0.15, 0.2) is 66.7 Å². The summed E-state index contributed by atoms with van der Waals surface area (Å²) in [5.41, 5.74) is 3.69. The third kappa shape index (κ3) is 3.47. The molecule has 3 atom stereocenters. The fourth-order valence-corrected chi connectivity index (χ4v) is 4.93. The first-order chi connectivity index (χ1) is 15.0. The molecule has 6 heteroatoms. The summed E-state index contributed by atoms with van der Waals surface area (Å²) in [5, 5.41) is 13.3. The van der Waals surface area contributed by atoms with E-state index in [1.54, 1.807) is 17.0 Å². The van der Waals surface area contributed by atoms with Crippen molar-refractivity contribution in [3.8, 4) is 11.1 Å². The molecule has 4 nitrogen and oxygen atoms in total. The number of anilines is 1. The Morgan fingerprint density at radius 1 is 1.00 bits per heavy atom. The van der Waals surface area contributed by atoms with Gasteiger partial charge in [0.05, 0.1) is 18.7 Å². The summed E-state index contributed by atoms with van der Waals surface area (Å²) in [4.78, 5) is 15.1. The molecule has 0 aromatic heterocycles. The van der Waals surface area contributed by atoms with Gasteiger partial charge < -0.3 is 15.3 Å². The van der Waals surface area contributed by atoms with Crippen molar-refractivity contribution in [1.29, 1.82) is 0 Å². The summed E-state index contributed by atoms with van der Waals surface area (Å²) >= 11 is 0. The summed E-state index contributed by atoms with van der Waals surface area (Å²) in [5.74, 6) is -0.963. The summed E-state index contributed by atoms with van der Waals surface area (Å²) in [6.45, 7) is 0.473. The number of fused-ring (bicyclic) bond motifs is 3. The molecule has 1 amide bonds. The predicted molar refractivity (Wildman–Crippen MR) is 115 cm³/mol. The smallest absolute Gasteiger partial charge is 0.254 e. The fraction of sp³-hybridized carbons (Fsp3) is 0.240. The van der Waals surface area contributed by atoms with Gasteiger partial charge in [-0.1, -0.05) is 24.3 Å². The van der Waals surface area contributed by atoms with Gasteiger partial charge in [0, 0.05) is 23.7 Å². The van der Waals surface area contributed by atoms with E-state index in [1.807, 2.05) is 24.3 Å². The maximum absolute atomic E-state index is 13.8. The number of hydrogen-bond acceptors (Lipinski definition) is 3. The van der Waals surface area contributed by atoms with Gasteiger partial charge in [-0.2, -0.15) is 0 Å². The molecule has 1 fully saturated rings. The molecule has 0 unspecified atom stereocenters. The van der Waals surface area contributed by atoms with Crippen LogP contribution in [0, 0.1) is 17.6 Å². The zero-order valence-corrected chi connectivity index (χ0v) is 16.8. The molecule has 3 aromatic rings. The Morgan fingerprint density at radius 3 is 2.48 bits per heavy atom. The Bertz CT molecular complexity index is 1150. The van der Waals surface area contributed by atoms with E-state index in [2.05, 4.69) is 5.32 Å². The van der Waals surface area contributed by atoms with Crippen LogP contribution in [0.1, 0.15) is 28.4 Å². The molecule has 0 bridgehead atoms. The van der Waals surface area contributed by atoms with Crippen LogP contribution >= 0.6 is 0 Å². The van der Waals surface area contributed by atoms with Gasteiger partial charge in [-0.05, 0) is 65.6 Å². The minimum Gasteiger partial charge on any atom is -0.394 e. The van der Waals surface area contributed by atoms with Gasteiger partial charge in [-0.25, -0.2) is 8.78 Å². The number of aliphatic hydroxyl groups is 1. The zero-order valence-electron chi connectivity index (χ0n) is 16.8. The van der Waals surface area contributed by atoms with Crippen LogP contribution < -0.4 is 5.32 Å². The fourth-order valence-electron chi connectivity index (χ4n) is 4.93. The normalized spacial score (nSPS) is 21.9. The average Bonchev–Trinajstić information content (AvgIpc) is 3.23. The van der Waals surface area contributed by atoms with Gasteiger partial charge in [0.1, 0.15) is 11.6 Å². The lowest BCUT2D eigenvalue weighted by Crippen LogP contribution is -2.42. The monoisotopic (exact) mass is 420 g/mol. The topological polar surface area (TPSA) is 52.6 Å². The standard InChI is InChI=1S/C25H22F2N2O2/c26-18-5-1-3-15(11-18)16-7-8-22-21(13-16)24-20(23(14-30)28-22)9-10-29(24)25(31)17-4-2-6-19(27)12-17/h1-8,11-13,20,23-24,28,30H,9-10,14H2/t20-,23+,24-/m1/s1. The maximum Gasteiger partial charge on any atom is 0.254 e. The quantitative estimate of drug-likeness (QED) is 0.650. The van der Waals surface area contributed by atoms with Crippen molar-refractivity contribution in [2.75, 3.05) is 18.5 Å². The van der Waals surface area contributed by atoms with E-state index >= 15 is 0 Å². The number of benzene rings is 3. The predicted octanol–water partition coefficient (Wildman–Crippen LogP) is 4.62. The highest BCUT2D eigenvalue weighted by Crippen LogP contribution is 2.47. The Labute approximate surface area is 179 Å². The van der Waals surface area contributed by atoms with Crippen LogP contribution in [0.5, 0.6) is 0 Å². The lowest BCUT2D eigenvalue weighted by Gasteiger charge is -2.39. The molecule has 2 heterocycles. The van der Waals surface area contributed by atoms with E-state index in [1.165, 1.54) is 30.3 Å². The number of nitrogens with zero attached hydrogens (tertiary/aromatic N) is 1. The van der Waals surface area contributed by atoms with Crippen molar-refractivity contribution in [1.82, 2.24) is 4.90 Å². The van der Waals surface area contributed by atoms with E-state index in [9.17, 15) is 18.7 Å². The Kier molecular flexibility index (Phi) is 4.94. The number of nitrogens with one attached hydrogen (secondary N) is 1. The lowest BCUT2D eigenvalue weighted by molar-refractivity contribution is 0.0700. The number of amides is 1. The molecular weight excluding hydrogens is 398 g/mol. The van der Waals surface area contributed by atoms with Crippen LogP contribution in [0.4, 0.5) is 14.5 Å². The van der Waals surface area contributed by atoms with Gasteiger partial charge in [0.25, 0.3) is 5.91 Å². The summed E-state index contributed by atoms with van der Waals surface area (Å²) in [7, 11) is 0. The number of aliphatic hydroxyl groups excluding tert-OH is 1. The number of halogens is 2. The SMILES string of the molecule is O=C(c1cccc(F)c1)N1CC[C@@H]2[C@H](CO)Nc3ccc(-c4cccc(F)c4)cc3[C@@H]21. The molecule has 0 aliphatic carbocycles. The van der Waals surface area contributed by atoms with Gasteiger partial charge in [-0.3, -0.25) is 4.79 Å². The van der Waals surface area contributed by atoms with Crippen LogP contribution in [0.25, 0.3) is 11.1 Å². The summed E-state index contributed by atoms with van der Waals surface area (Å²) in [6, 6.07) is 17.5. The minimum absolute atomic E-state index is 0.0257. The van der Waals surface area contributed by atoms with Crippen LogP contribution in [-0.4, -0.2) is 35.1 Å². The van der Waals surface area contributed by atoms with Crippen LogP contribution in [-0.2, 0) is 0 Å². The van der Waals surface area contributed by atoms with Gasteiger partial charge >= 0.3 is 0 Å². The summed E-state index contributed by atoms with van der Waals surface area (Å²) in [6.07, 6.45) is 0.730. The number of rotatable bonds is 3. The second kappa shape index (κ2) is 7.78. The van der Waals surface area contributed by atoms with E-state index in [0.717, 1.165) is 28.8 Å².